The molecule has 0 radical (unpaired) electrons. The van der Waals surface area contributed by atoms with Crippen LogP contribution in [0.25, 0.3) is 0 Å². The van der Waals surface area contributed by atoms with Crippen LogP contribution in [-0.2, 0) is 6.42 Å². The molecule has 0 aliphatic rings. The minimum atomic E-state index is -0.253. The van der Waals surface area contributed by atoms with Crippen LogP contribution < -0.4 is 5.32 Å². The van der Waals surface area contributed by atoms with Crippen molar-refractivity contribution in [1.82, 2.24) is 10.2 Å². The van der Waals surface area contributed by atoms with Crippen molar-refractivity contribution in [3.05, 3.63) is 38.3 Å². The molecule has 0 fully saturated rings. The fraction of sp³-hybridized carbons (Fsp3) is 0.182. The lowest BCUT2D eigenvalue weighted by molar-refractivity contribution is 0.102. The number of anilines is 1. The van der Waals surface area contributed by atoms with Crippen LogP contribution in [-0.4, -0.2) is 16.1 Å². The summed E-state index contributed by atoms with van der Waals surface area (Å²) in [6.07, 6.45) is 0.802. The van der Waals surface area contributed by atoms with E-state index >= 15 is 0 Å². The molecule has 1 amide bonds. The zero-order valence-electron chi connectivity index (χ0n) is 9.41. The summed E-state index contributed by atoms with van der Waals surface area (Å²) in [6, 6.07) is 5.02. The van der Waals surface area contributed by atoms with Gasteiger partial charge in [0.2, 0.25) is 5.13 Å². The average Bonchev–Trinajstić information content (AvgIpc) is 2.75. The first kappa shape index (κ1) is 13.5. The molecule has 0 unspecified atom stereocenters. The summed E-state index contributed by atoms with van der Waals surface area (Å²) < 4.78 is 0.756. The summed E-state index contributed by atoms with van der Waals surface area (Å²) in [6.45, 7) is 1.99. The number of hydrogen-bond acceptors (Lipinski definition) is 4. The lowest BCUT2D eigenvalue weighted by Crippen LogP contribution is -2.11. The second kappa shape index (κ2) is 5.77. The van der Waals surface area contributed by atoms with E-state index in [4.69, 9.17) is 11.6 Å². The topological polar surface area (TPSA) is 54.9 Å². The van der Waals surface area contributed by atoms with Crippen LogP contribution in [0.5, 0.6) is 0 Å². The van der Waals surface area contributed by atoms with Gasteiger partial charge in [0.25, 0.3) is 5.91 Å². The van der Waals surface area contributed by atoms with Crippen molar-refractivity contribution in [2.75, 3.05) is 5.32 Å². The molecule has 0 saturated heterocycles. The molecular formula is C11H9BrClN3OS. The lowest BCUT2D eigenvalue weighted by atomic mass is 10.2. The van der Waals surface area contributed by atoms with Gasteiger partial charge >= 0.3 is 0 Å². The molecule has 0 aliphatic carbocycles. The third-order valence-electron chi connectivity index (χ3n) is 2.11. The van der Waals surface area contributed by atoms with E-state index in [0.29, 0.717) is 15.7 Å². The third-order valence-corrected chi connectivity index (χ3v) is 3.77. The SMILES string of the molecule is CCc1nnc(NC(=O)c2cc(Cl)cc(Br)c2)s1. The molecule has 0 atom stereocenters. The van der Waals surface area contributed by atoms with Crippen molar-refractivity contribution in [2.45, 2.75) is 13.3 Å². The highest BCUT2D eigenvalue weighted by Gasteiger charge is 2.11. The van der Waals surface area contributed by atoms with Crippen LogP contribution in [0, 0.1) is 0 Å². The molecule has 1 aromatic carbocycles. The number of hydrogen-bond donors (Lipinski definition) is 1. The molecule has 0 aliphatic heterocycles. The summed E-state index contributed by atoms with van der Waals surface area (Å²) in [5.41, 5.74) is 0.475. The Hall–Kier alpha value is -0.980. The van der Waals surface area contributed by atoms with Crippen LogP contribution >= 0.6 is 38.9 Å². The zero-order valence-corrected chi connectivity index (χ0v) is 12.6. The van der Waals surface area contributed by atoms with E-state index in [-0.39, 0.29) is 5.91 Å². The van der Waals surface area contributed by atoms with Crippen LogP contribution in [0.2, 0.25) is 5.02 Å². The number of rotatable bonds is 3. The zero-order chi connectivity index (χ0) is 13.1. The molecule has 1 N–H and O–H groups in total. The molecule has 2 rings (SSSR count). The number of aromatic nitrogens is 2. The van der Waals surface area contributed by atoms with Gasteiger partial charge in [0.1, 0.15) is 5.01 Å². The summed E-state index contributed by atoms with van der Waals surface area (Å²) in [4.78, 5) is 12.0. The first-order valence-electron chi connectivity index (χ1n) is 5.18. The molecule has 1 aromatic heterocycles. The highest BCUT2D eigenvalue weighted by atomic mass is 79.9. The number of carbonyl (C=O) groups is 1. The van der Waals surface area contributed by atoms with Crippen LogP contribution in [0.15, 0.2) is 22.7 Å². The highest BCUT2D eigenvalue weighted by Crippen LogP contribution is 2.21. The van der Waals surface area contributed by atoms with Crippen LogP contribution in [0.3, 0.4) is 0 Å². The van der Waals surface area contributed by atoms with Gasteiger partial charge in [-0.2, -0.15) is 0 Å². The Bertz CT molecular complexity index is 567. The standard InChI is InChI=1S/C11H9BrClN3OS/c1-2-9-15-16-11(18-9)14-10(17)6-3-7(12)5-8(13)4-6/h3-5H,2H2,1H3,(H,14,16,17). The molecule has 94 valence electrons. The maximum atomic E-state index is 12.0. The van der Waals surface area contributed by atoms with E-state index in [1.165, 1.54) is 11.3 Å². The first-order valence-corrected chi connectivity index (χ1v) is 7.17. The van der Waals surface area contributed by atoms with Crippen molar-refractivity contribution in [3.63, 3.8) is 0 Å². The number of nitrogens with one attached hydrogen (secondary N) is 1. The van der Waals surface area contributed by atoms with Gasteiger partial charge in [-0.25, -0.2) is 0 Å². The summed E-state index contributed by atoms with van der Waals surface area (Å²) >= 11 is 10.5. The van der Waals surface area contributed by atoms with Crippen molar-refractivity contribution in [1.29, 1.82) is 0 Å². The first-order chi connectivity index (χ1) is 8.58. The molecule has 18 heavy (non-hydrogen) atoms. The van der Waals surface area contributed by atoms with Crippen molar-refractivity contribution < 1.29 is 4.79 Å². The Morgan fingerprint density at radius 2 is 2.22 bits per heavy atom. The Kier molecular flexibility index (Phi) is 4.31. The normalized spacial score (nSPS) is 10.4. The van der Waals surface area contributed by atoms with E-state index < -0.39 is 0 Å². The van der Waals surface area contributed by atoms with Crippen LogP contribution in [0.4, 0.5) is 5.13 Å². The van der Waals surface area contributed by atoms with E-state index in [2.05, 4.69) is 31.4 Å². The van der Waals surface area contributed by atoms with Gasteiger partial charge in [-0.05, 0) is 24.6 Å². The predicted molar refractivity (Wildman–Crippen MR) is 76.4 cm³/mol. The van der Waals surface area contributed by atoms with Crippen molar-refractivity contribution in [3.8, 4) is 0 Å². The monoisotopic (exact) mass is 345 g/mol. The molecule has 0 saturated carbocycles. The largest absolute Gasteiger partial charge is 0.296 e. The number of benzene rings is 1. The highest BCUT2D eigenvalue weighted by molar-refractivity contribution is 9.10. The fourth-order valence-corrected chi connectivity index (χ4v) is 2.84. The average molecular weight is 347 g/mol. The Morgan fingerprint density at radius 1 is 1.44 bits per heavy atom. The van der Waals surface area contributed by atoms with Crippen molar-refractivity contribution in [2.24, 2.45) is 0 Å². The van der Waals surface area contributed by atoms with E-state index in [9.17, 15) is 4.79 Å². The molecule has 1 heterocycles. The molecule has 4 nitrogen and oxygen atoms in total. The van der Waals surface area contributed by atoms with E-state index in [0.717, 1.165) is 15.9 Å². The Balaban J connectivity index is 2.16. The fourth-order valence-electron chi connectivity index (χ4n) is 1.30. The molecular weight excluding hydrogens is 338 g/mol. The second-order valence-corrected chi connectivity index (χ2v) is 5.88. The number of halogens is 2. The quantitative estimate of drug-likeness (QED) is 0.920. The van der Waals surface area contributed by atoms with Gasteiger partial charge in [-0.15, -0.1) is 10.2 Å². The number of aryl methyl sites for hydroxylation is 1. The molecule has 2 aromatic rings. The number of carbonyl (C=O) groups excluding carboxylic acids is 1. The molecule has 7 heteroatoms. The number of amides is 1. The molecule has 0 bridgehead atoms. The van der Waals surface area contributed by atoms with Crippen molar-refractivity contribution >= 4 is 49.9 Å². The van der Waals surface area contributed by atoms with E-state index in [1.807, 2.05) is 6.92 Å². The maximum Gasteiger partial charge on any atom is 0.257 e. The summed E-state index contributed by atoms with van der Waals surface area (Å²) in [5, 5.41) is 12.4. The van der Waals surface area contributed by atoms with Gasteiger partial charge in [-0.1, -0.05) is 45.8 Å². The minimum absolute atomic E-state index is 0.253. The summed E-state index contributed by atoms with van der Waals surface area (Å²) in [5.74, 6) is -0.253. The van der Waals surface area contributed by atoms with Gasteiger partial charge in [0.15, 0.2) is 0 Å². The molecule has 0 spiro atoms. The predicted octanol–water partition coefficient (Wildman–Crippen LogP) is 3.77. The van der Waals surface area contributed by atoms with Gasteiger partial charge < -0.3 is 0 Å². The van der Waals surface area contributed by atoms with Gasteiger partial charge in [0, 0.05) is 15.1 Å². The van der Waals surface area contributed by atoms with Gasteiger partial charge in [-0.3, -0.25) is 10.1 Å². The Morgan fingerprint density at radius 3 is 2.83 bits per heavy atom. The third kappa shape index (κ3) is 3.28. The van der Waals surface area contributed by atoms with Gasteiger partial charge in [0.05, 0.1) is 0 Å². The minimum Gasteiger partial charge on any atom is -0.296 e. The maximum absolute atomic E-state index is 12.0. The van der Waals surface area contributed by atoms with E-state index in [1.54, 1.807) is 18.2 Å². The van der Waals surface area contributed by atoms with Crippen LogP contribution in [0.1, 0.15) is 22.3 Å². The summed E-state index contributed by atoms with van der Waals surface area (Å²) in [7, 11) is 0. The number of nitrogens with zero attached hydrogens (tertiary/aromatic N) is 2. The lowest BCUT2D eigenvalue weighted by Gasteiger charge is -2.02. The second-order valence-electron chi connectivity index (χ2n) is 3.47. The Labute approximate surface area is 122 Å². The smallest absolute Gasteiger partial charge is 0.257 e.